The first-order chi connectivity index (χ1) is 12.0. The van der Waals surface area contributed by atoms with E-state index in [4.69, 9.17) is 0 Å². The lowest BCUT2D eigenvalue weighted by atomic mass is 9.92. The van der Waals surface area contributed by atoms with Crippen LogP contribution >= 0.6 is 0 Å². The smallest absolute Gasteiger partial charge is 0.228 e. The van der Waals surface area contributed by atoms with E-state index >= 15 is 0 Å². The third kappa shape index (κ3) is 4.14. The van der Waals surface area contributed by atoms with Crippen molar-refractivity contribution in [2.75, 3.05) is 31.6 Å². The third-order valence-corrected chi connectivity index (χ3v) is 4.55. The molecule has 8 heteroatoms. The van der Waals surface area contributed by atoms with Crippen molar-refractivity contribution in [2.45, 2.75) is 31.8 Å². The zero-order chi connectivity index (χ0) is 17.9. The molecular weight excluding hydrogens is 322 g/mol. The van der Waals surface area contributed by atoms with Gasteiger partial charge in [0, 0.05) is 26.3 Å². The number of piperidine rings is 1. The highest BCUT2D eigenvalue weighted by atomic mass is 16.6. The van der Waals surface area contributed by atoms with Crippen LogP contribution in [0, 0.1) is 6.92 Å². The number of rotatable bonds is 5. The molecule has 0 bridgehead atoms. The Hall–Kier alpha value is -2.48. The topological polar surface area (TPSA) is 95.6 Å². The Labute approximate surface area is 146 Å². The highest BCUT2D eigenvalue weighted by Gasteiger charge is 2.36. The Morgan fingerprint density at radius 2 is 2.28 bits per heavy atom. The van der Waals surface area contributed by atoms with E-state index in [-0.39, 0.29) is 18.9 Å². The molecular formula is C17H23N5O3. The third-order valence-electron chi connectivity index (χ3n) is 4.55. The van der Waals surface area contributed by atoms with Crippen molar-refractivity contribution in [3.05, 3.63) is 35.8 Å². The Balaban J connectivity index is 1.62. The first-order valence-electron chi connectivity index (χ1n) is 8.37. The minimum Gasteiger partial charge on any atom is -0.386 e. The molecule has 1 fully saturated rings. The maximum atomic E-state index is 12.4. The van der Waals surface area contributed by atoms with Gasteiger partial charge in [-0.3, -0.25) is 4.79 Å². The van der Waals surface area contributed by atoms with Crippen LogP contribution in [0.2, 0.25) is 0 Å². The van der Waals surface area contributed by atoms with E-state index in [1.165, 1.54) is 0 Å². The number of aryl methyl sites for hydroxylation is 1. The molecule has 0 unspecified atom stereocenters. The van der Waals surface area contributed by atoms with Crippen LogP contribution in [0.3, 0.4) is 0 Å². The van der Waals surface area contributed by atoms with E-state index in [1.807, 2.05) is 18.2 Å². The summed E-state index contributed by atoms with van der Waals surface area (Å²) in [5, 5.41) is 18.4. The van der Waals surface area contributed by atoms with Crippen molar-refractivity contribution in [2.24, 2.45) is 0 Å². The Bertz CT molecular complexity index is 720. The summed E-state index contributed by atoms with van der Waals surface area (Å²) in [6.45, 7) is 3.31. The van der Waals surface area contributed by atoms with Crippen molar-refractivity contribution >= 4 is 11.7 Å². The molecule has 0 aromatic carbocycles. The average Bonchev–Trinajstić information content (AvgIpc) is 3.00. The van der Waals surface area contributed by atoms with E-state index in [0.29, 0.717) is 24.4 Å². The summed E-state index contributed by atoms with van der Waals surface area (Å²) in [4.78, 5) is 20.4. The minimum atomic E-state index is -0.961. The normalized spacial score (nSPS) is 20.5. The first kappa shape index (κ1) is 17.3. The van der Waals surface area contributed by atoms with Gasteiger partial charge in [0.15, 0.2) is 0 Å². The van der Waals surface area contributed by atoms with E-state index in [1.54, 1.807) is 25.1 Å². The van der Waals surface area contributed by atoms with Gasteiger partial charge in [0.1, 0.15) is 17.2 Å². The summed E-state index contributed by atoms with van der Waals surface area (Å²) in [7, 11) is 1.70. The summed E-state index contributed by atoms with van der Waals surface area (Å²) in [5.41, 5.74) is 0.180. The Morgan fingerprint density at radius 1 is 1.44 bits per heavy atom. The monoisotopic (exact) mass is 345 g/mol. The summed E-state index contributed by atoms with van der Waals surface area (Å²) in [6, 6.07) is 5.73. The number of hydrogen-bond acceptors (Lipinski definition) is 7. The predicted octanol–water partition coefficient (Wildman–Crippen LogP) is 0.805. The molecule has 1 atom stereocenters. The second-order valence-electron chi connectivity index (χ2n) is 6.66. The Kier molecular flexibility index (Phi) is 4.98. The molecule has 3 heterocycles. The lowest BCUT2D eigenvalue weighted by molar-refractivity contribution is -0.132. The van der Waals surface area contributed by atoms with Gasteiger partial charge in [-0.1, -0.05) is 16.4 Å². The summed E-state index contributed by atoms with van der Waals surface area (Å²) < 4.78 is 4.63. The number of carbonyl (C=O) groups is 1. The minimum absolute atomic E-state index is 0.117. The van der Waals surface area contributed by atoms with Crippen LogP contribution in [0.4, 0.5) is 5.82 Å². The van der Waals surface area contributed by atoms with Crippen LogP contribution in [0.15, 0.2) is 29.0 Å². The van der Waals surface area contributed by atoms with Gasteiger partial charge in [0.05, 0.1) is 18.6 Å². The van der Waals surface area contributed by atoms with Gasteiger partial charge in [-0.05, 0) is 31.9 Å². The van der Waals surface area contributed by atoms with Crippen molar-refractivity contribution in [1.29, 1.82) is 0 Å². The highest BCUT2D eigenvalue weighted by Crippen LogP contribution is 2.25. The molecule has 2 aromatic heterocycles. The van der Waals surface area contributed by atoms with E-state index in [9.17, 15) is 9.90 Å². The average molecular weight is 345 g/mol. The quantitative estimate of drug-likeness (QED) is 0.856. The molecule has 0 radical (unpaired) electrons. The number of hydrogen-bond donors (Lipinski definition) is 1. The van der Waals surface area contributed by atoms with Crippen molar-refractivity contribution < 1.29 is 14.5 Å². The molecule has 1 N–H and O–H groups in total. The number of amides is 1. The second-order valence-corrected chi connectivity index (χ2v) is 6.66. The van der Waals surface area contributed by atoms with Crippen LogP contribution in [-0.4, -0.2) is 63.5 Å². The fraction of sp³-hybridized carbons (Fsp3) is 0.529. The van der Waals surface area contributed by atoms with Crippen molar-refractivity contribution in [3.8, 4) is 0 Å². The van der Waals surface area contributed by atoms with E-state index in [2.05, 4.69) is 24.8 Å². The van der Waals surface area contributed by atoms with Crippen LogP contribution in [-0.2, 0) is 11.2 Å². The number of likely N-dealkylation sites (N-methyl/N-ethyl adjacent to an activating group) is 1. The molecule has 3 rings (SSSR count). The fourth-order valence-electron chi connectivity index (χ4n) is 3.20. The maximum absolute atomic E-state index is 12.4. The number of aromatic nitrogens is 3. The first-order valence-corrected chi connectivity index (χ1v) is 8.37. The molecule has 1 amide bonds. The second kappa shape index (κ2) is 7.18. The zero-order valence-corrected chi connectivity index (χ0v) is 14.6. The van der Waals surface area contributed by atoms with Crippen LogP contribution < -0.4 is 4.90 Å². The lowest BCUT2D eigenvalue weighted by Gasteiger charge is -2.41. The number of carbonyl (C=O) groups excluding carboxylic acids is 1. The van der Waals surface area contributed by atoms with E-state index in [0.717, 1.165) is 18.8 Å². The largest absolute Gasteiger partial charge is 0.386 e. The van der Waals surface area contributed by atoms with Gasteiger partial charge < -0.3 is 14.9 Å². The van der Waals surface area contributed by atoms with Gasteiger partial charge >= 0.3 is 0 Å². The Morgan fingerprint density at radius 3 is 2.96 bits per heavy atom. The SMILES string of the molecule is Cc1nonc1CC(=O)N(C)C[C@]1(O)CCCN(c2ccccn2)C1. The van der Waals surface area contributed by atoms with Gasteiger partial charge in [-0.15, -0.1) is 0 Å². The molecule has 1 aliphatic rings. The number of aliphatic hydroxyl groups is 1. The summed E-state index contributed by atoms with van der Waals surface area (Å²) in [6.07, 6.45) is 3.36. The fourth-order valence-corrected chi connectivity index (χ4v) is 3.20. The van der Waals surface area contributed by atoms with Crippen molar-refractivity contribution in [1.82, 2.24) is 20.2 Å². The maximum Gasteiger partial charge on any atom is 0.228 e. The van der Waals surface area contributed by atoms with Gasteiger partial charge in [0.25, 0.3) is 0 Å². The highest BCUT2D eigenvalue weighted by molar-refractivity contribution is 5.78. The van der Waals surface area contributed by atoms with Crippen molar-refractivity contribution in [3.63, 3.8) is 0 Å². The molecule has 0 aliphatic carbocycles. The number of β-amino-alcohol motifs (C(OH)–C–C–N with tert-alkyl or cyclic N) is 1. The molecule has 2 aromatic rings. The van der Waals surface area contributed by atoms with Gasteiger partial charge in [-0.2, -0.15) is 0 Å². The lowest BCUT2D eigenvalue weighted by Crippen LogP contribution is -2.55. The molecule has 134 valence electrons. The molecule has 0 spiro atoms. The number of nitrogens with zero attached hydrogens (tertiary/aromatic N) is 5. The summed E-state index contributed by atoms with van der Waals surface area (Å²) in [5.74, 6) is 0.723. The van der Waals surface area contributed by atoms with Gasteiger partial charge in [0.2, 0.25) is 5.91 Å². The standard InChI is InChI=1S/C17H23N5O3/c1-13-14(20-25-19-13)10-16(23)21(2)11-17(24)7-5-9-22(12-17)15-6-3-4-8-18-15/h3-4,6,8,24H,5,7,9-12H2,1-2H3/t17-/m1/s1. The molecule has 25 heavy (non-hydrogen) atoms. The van der Waals surface area contributed by atoms with Gasteiger partial charge in [-0.25, -0.2) is 9.61 Å². The van der Waals surface area contributed by atoms with E-state index < -0.39 is 5.60 Å². The molecule has 8 nitrogen and oxygen atoms in total. The number of anilines is 1. The number of pyridine rings is 1. The van der Waals surface area contributed by atoms with Crippen LogP contribution in [0.1, 0.15) is 24.2 Å². The zero-order valence-electron chi connectivity index (χ0n) is 14.6. The summed E-state index contributed by atoms with van der Waals surface area (Å²) >= 11 is 0. The molecule has 1 aliphatic heterocycles. The van der Waals surface area contributed by atoms with Crippen LogP contribution in [0.25, 0.3) is 0 Å². The van der Waals surface area contributed by atoms with Crippen LogP contribution in [0.5, 0.6) is 0 Å². The molecule has 1 saturated heterocycles. The molecule has 0 saturated carbocycles. The predicted molar refractivity (Wildman–Crippen MR) is 91.0 cm³/mol.